The van der Waals surface area contributed by atoms with Crippen molar-refractivity contribution in [3.8, 4) is 17.1 Å². The number of carbonyl (C=O) groups is 1. The molecule has 2 aromatic rings. The number of hydrogen-bond donors (Lipinski definition) is 0. The van der Waals surface area contributed by atoms with Crippen LogP contribution < -0.4 is 4.74 Å². The Kier molecular flexibility index (Phi) is 7.73. The fraction of sp³-hybridized carbons (Fsp3) is 0.542. The SMILES string of the molecule is CCCCCC1CCC(c2cnc(-c3ccc(OC(=O)CC)c(F)c3)nc2)CC1. The third kappa shape index (κ3) is 5.84. The normalized spacial score (nSPS) is 19.1. The number of rotatable bonds is 8. The van der Waals surface area contributed by atoms with E-state index in [1.165, 1.54) is 69.1 Å². The fourth-order valence-corrected chi connectivity index (χ4v) is 4.08. The minimum Gasteiger partial charge on any atom is -0.423 e. The van der Waals surface area contributed by atoms with Crippen molar-refractivity contribution in [1.82, 2.24) is 9.97 Å². The van der Waals surface area contributed by atoms with Crippen LogP contribution in [0.4, 0.5) is 4.39 Å². The molecule has 0 spiro atoms. The molecule has 1 fully saturated rings. The monoisotopic (exact) mass is 398 g/mol. The zero-order valence-electron chi connectivity index (χ0n) is 17.5. The van der Waals surface area contributed by atoms with E-state index < -0.39 is 11.8 Å². The van der Waals surface area contributed by atoms with Crippen molar-refractivity contribution in [2.75, 3.05) is 0 Å². The number of ether oxygens (including phenoxy) is 1. The van der Waals surface area contributed by atoms with Crippen molar-refractivity contribution in [3.05, 3.63) is 42.0 Å². The third-order valence-electron chi connectivity index (χ3n) is 5.91. The summed E-state index contributed by atoms with van der Waals surface area (Å²) in [6, 6.07) is 4.45. The number of unbranched alkanes of at least 4 members (excludes halogenated alkanes) is 2. The maximum atomic E-state index is 14.2. The lowest BCUT2D eigenvalue weighted by Gasteiger charge is -2.28. The van der Waals surface area contributed by atoms with Gasteiger partial charge in [-0.15, -0.1) is 0 Å². The van der Waals surface area contributed by atoms with Gasteiger partial charge in [0, 0.05) is 24.4 Å². The number of hydrogen-bond acceptors (Lipinski definition) is 4. The Labute approximate surface area is 172 Å². The maximum Gasteiger partial charge on any atom is 0.310 e. The summed E-state index contributed by atoms with van der Waals surface area (Å²) in [5, 5.41) is 0. The second-order valence-electron chi connectivity index (χ2n) is 8.03. The van der Waals surface area contributed by atoms with Crippen LogP contribution in [0.15, 0.2) is 30.6 Å². The number of nitrogens with zero attached hydrogens (tertiary/aromatic N) is 2. The predicted molar refractivity (Wildman–Crippen MR) is 112 cm³/mol. The first-order chi connectivity index (χ1) is 14.1. The summed E-state index contributed by atoms with van der Waals surface area (Å²) in [6.45, 7) is 3.92. The van der Waals surface area contributed by atoms with E-state index in [0.29, 0.717) is 17.3 Å². The van der Waals surface area contributed by atoms with Crippen LogP contribution in [0, 0.1) is 11.7 Å². The van der Waals surface area contributed by atoms with Gasteiger partial charge in [-0.3, -0.25) is 4.79 Å². The van der Waals surface area contributed by atoms with Gasteiger partial charge in [0.05, 0.1) is 0 Å². The number of benzene rings is 1. The molecule has 0 saturated heterocycles. The van der Waals surface area contributed by atoms with Crippen molar-refractivity contribution >= 4 is 5.97 Å². The van der Waals surface area contributed by atoms with Gasteiger partial charge in [0.2, 0.25) is 0 Å². The molecule has 1 aromatic heterocycles. The van der Waals surface area contributed by atoms with Gasteiger partial charge in [0.15, 0.2) is 17.4 Å². The van der Waals surface area contributed by atoms with Gasteiger partial charge in [-0.2, -0.15) is 0 Å². The molecule has 5 heteroatoms. The van der Waals surface area contributed by atoms with Gasteiger partial charge in [-0.25, -0.2) is 14.4 Å². The highest BCUT2D eigenvalue weighted by Gasteiger charge is 2.22. The molecule has 0 radical (unpaired) electrons. The molecule has 0 aliphatic heterocycles. The summed E-state index contributed by atoms with van der Waals surface area (Å²) in [4.78, 5) is 20.3. The summed E-state index contributed by atoms with van der Waals surface area (Å²) in [5.74, 6) is 0.776. The van der Waals surface area contributed by atoms with Gasteiger partial charge in [0.25, 0.3) is 0 Å². The lowest BCUT2D eigenvalue weighted by atomic mass is 9.77. The molecule has 0 amide bonds. The van der Waals surface area contributed by atoms with E-state index in [1.807, 2.05) is 12.4 Å². The molecule has 1 aromatic carbocycles. The van der Waals surface area contributed by atoms with Crippen LogP contribution in [0.1, 0.15) is 83.1 Å². The van der Waals surface area contributed by atoms with Gasteiger partial charge in [0.1, 0.15) is 0 Å². The highest BCUT2D eigenvalue weighted by Crippen LogP contribution is 2.37. The lowest BCUT2D eigenvalue weighted by molar-refractivity contribution is -0.134. The largest absolute Gasteiger partial charge is 0.423 e. The molecule has 3 rings (SSSR count). The second-order valence-corrected chi connectivity index (χ2v) is 8.03. The Morgan fingerprint density at radius 2 is 1.83 bits per heavy atom. The Morgan fingerprint density at radius 3 is 2.45 bits per heavy atom. The van der Waals surface area contributed by atoms with E-state index in [4.69, 9.17) is 4.74 Å². The average Bonchev–Trinajstić information content (AvgIpc) is 2.76. The molecule has 4 nitrogen and oxygen atoms in total. The Morgan fingerprint density at radius 1 is 1.10 bits per heavy atom. The highest BCUT2D eigenvalue weighted by molar-refractivity contribution is 5.72. The summed E-state index contributed by atoms with van der Waals surface area (Å²) in [6.07, 6.45) is 14.3. The molecule has 0 atom stereocenters. The van der Waals surface area contributed by atoms with Crippen molar-refractivity contribution in [3.63, 3.8) is 0 Å². The number of carbonyl (C=O) groups excluding carboxylic acids is 1. The number of esters is 1. The van der Waals surface area contributed by atoms with Gasteiger partial charge < -0.3 is 4.74 Å². The number of aromatic nitrogens is 2. The van der Waals surface area contributed by atoms with Crippen molar-refractivity contribution in [2.45, 2.75) is 77.6 Å². The van der Waals surface area contributed by atoms with Gasteiger partial charge >= 0.3 is 5.97 Å². The molecule has 29 heavy (non-hydrogen) atoms. The molecule has 1 aliphatic rings. The van der Waals surface area contributed by atoms with Crippen LogP contribution in [-0.4, -0.2) is 15.9 Å². The van der Waals surface area contributed by atoms with E-state index in [-0.39, 0.29) is 12.2 Å². The number of halogens is 1. The Bertz CT molecular complexity index is 799. The van der Waals surface area contributed by atoms with E-state index in [0.717, 1.165) is 5.92 Å². The quantitative estimate of drug-likeness (QED) is 0.291. The van der Waals surface area contributed by atoms with Gasteiger partial charge in [-0.1, -0.05) is 39.5 Å². The van der Waals surface area contributed by atoms with Crippen LogP contribution in [0.2, 0.25) is 0 Å². The smallest absolute Gasteiger partial charge is 0.310 e. The maximum absolute atomic E-state index is 14.2. The first kappa shape index (κ1) is 21.4. The molecular formula is C24H31FN2O2. The van der Waals surface area contributed by atoms with Crippen LogP contribution in [0.25, 0.3) is 11.4 Å². The predicted octanol–water partition coefficient (Wildman–Crippen LogP) is 6.45. The molecule has 1 aliphatic carbocycles. The minimum absolute atomic E-state index is 0.0621. The van der Waals surface area contributed by atoms with Crippen LogP contribution in [0.3, 0.4) is 0 Å². The minimum atomic E-state index is -0.585. The van der Waals surface area contributed by atoms with Crippen molar-refractivity contribution < 1.29 is 13.9 Å². The Balaban J connectivity index is 1.59. The first-order valence-corrected chi connectivity index (χ1v) is 10.9. The highest BCUT2D eigenvalue weighted by atomic mass is 19.1. The Hall–Kier alpha value is -2.30. The van der Waals surface area contributed by atoms with Crippen molar-refractivity contribution in [1.29, 1.82) is 0 Å². The van der Waals surface area contributed by atoms with E-state index in [9.17, 15) is 9.18 Å². The van der Waals surface area contributed by atoms with E-state index in [2.05, 4.69) is 16.9 Å². The molecule has 1 heterocycles. The van der Waals surface area contributed by atoms with Gasteiger partial charge in [-0.05, 0) is 61.3 Å². The topological polar surface area (TPSA) is 52.1 Å². The fourth-order valence-electron chi connectivity index (χ4n) is 4.08. The summed E-state index contributed by atoms with van der Waals surface area (Å²) >= 11 is 0. The van der Waals surface area contributed by atoms with Crippen LogP contribution in [-0.2, 0) is 4.79 Å². The molecular weight excluding hydrogens is 367 g/mol. The third-order valence-corrected chi connectivity index (χ3v) is 5.91. The molecule has 1 saturated carbocycles. The summed E-state index contributed by atoms with van der Waals surface area (Å²) in [7, 11) is 0. The summed E-state index contributed by atoms with van der Waals surface area (Å²) < 4.78 is 19.2. The van der Waals surface area contributed by atoms with Crippen LogP contribution >= 0.6 is 0 Å². The summed E-state index contributed by atoms with van der Waals surface area (Å²) in [5.41, 5.74) is 1.75. The lowest BCUT2D eigenvalue weighted by Crippen LogP contribution is -2.14. The molecule has 0 N–H and O–H groups in total. The average molecular weight is 399 g/mol. The zero-order chi connectivity index (χ0) is 20.6. The van der Waals surface area contributed by atoms with E-state index in [1.54, 1.807) is 13.0 Å². The zero-order valence-corrected chi connectivity index (χ0v) is 17.5. The van der Waals surface area contributed by atoms with E-state index >= 15 is 0 Å². The molecule has 156 valence electrons. The standard InChI is InChI=1S/C24H31FN2O2/c1-3-5-6-7-17-8-10-18(11-9-17)20-15-26-24(27-16-20)19-12-13-22(21(25)14-19)29-23(28)4-2/h12-18H,3-11H2,1-2H3. The second kappa shape index (κ2) is 10.5. The van der Waals surface area contributed by atoms with Crippen LogP contribution in [0.5, 0.6) is 5.75 Å². The van der Waals surface area contributed by atoms with Crippen molar-refractivity contribution in [2.24, 2.45) is 5.92 Å². The molecule has 0 unspecified atom stereocenters. The molecule has 0 bridgehead atoms. The first-order valence-electron chi connectivity index (χ1n) is 10.9.